The second kappa shape index (κ2) is 12.9. The highest BCUT2D eigenvalue weighted by atomic mass is 19.4. The van der Waals surface area contributed by atoms with Crippen molar-refractivity contribution < 1.29 is 40.7 Å². The highest BCUT2D eigenvalue weighted by molar-refractivity contribution is 5.90. The van der Waals surface area contributed by atoms with Crippen molar-refractivity contribution in [1.29, 1.82) is 0 Å². The van der Waals surface area contributed by atoms with Crippen molar-refractivity contribution in [1.82, 2.24) is 29.9 Å². The van der Waals surface area contributed by atoms with Gasteiger partial charge in [-0.3, -0.25) is 14.4 Å². The normalized spacial score (nSPS) is 18.5. The Bertz CT molecular complexity index is 1370. The third-order valence-electron chi connectivity index (χ3n) is 7.56. The molecule has 1 aromatic heterocycles. The number of nitrogens with two attached hydrogens (primary N) is 1. The van der Waals surface area contributed by atoms with E-state index >= 15 is 0 Å². The maximum Gasteiger partial charge on any atom is 0.451 e. The molecule has 0 saturated carbocycles. The summed E-state index contributed by atoms with van der Waals surface area (Å²) >= 11 is 0. The van der Waals surface area contributed by atoms with Gasteiger partial charge < -0.3 is 25.4 Å². The highest BCUT2D eigenvalue weighted by Crippen LogP contribution is 2.30. The van der Waals surface area contributed by atoms with Gasteiger partial charge in [0.15, 0.2) is 17.5 Å². The monoisotopic (exact) mass is 617 g/mol. The zero-order valence-electron chi connectivity index (χ0n) is 23.6. The number of nitrogens with zero attached hydrogens (tertiary/aromatic N) is 5. The average Bonchev–Trinajstić information content (AvgIpc) is 3.58. The highest BCUT2D eigenvalue weighted by Gasteiger charge is 2.41. The number of alkyl halides is 3. The zero-order chi connectivity index (χ0) is 31.6. The summed E-state index contributed by atoms with van der Waals surface area (Å²) in [7, 11) is 0. The number of likely N-dealkylation sites (tertiary alicyclic amines) is 1. The Labute approximate surface area is 243 Å². The summed E-state index contributed by atoms with van der Waals surface area (Å²) in [5.41, 5.74) is 5.76. The Hall–Kier alpha value is -3.69. The fourth-order valence-electron chi connectivity index (χ4n) is 5.50. The lowest BCUT2D eigenvalue weighted by atomic mass is 10.0. The van der Waals surface area contributed by atoms with Gasteiger partial charge in [-0.25, -0.2) is 13.2 Å². The van der Waals surface area contributed by atoms with E-state index in [1.54, 1.807) is 0 Å². The molecule has 0 spiro atoms. The van der Waals surface area contributed by atoms with E-state index in [1.165, 1.54) is 9.80 Å². The van der Waals surface area contributed by atoms with Gasteiger partial charge >= 0.3 is 6.18 Å². The van der Waals surface area contributed by atoms with Gasteiger partial charge in [-0.1, -0.05) is 13.8 Å². The smallest absolute Gasteiger partial charge is 0.351 e. The maximum atomic E-state index is 14.6. The van der Waals surface area contributed by atoms with Gasteiger partial charge in [-0.05, 0) is 43.2 Å². The summed E-state index contributed by atoms with van der Waals surface area (Å²) in [5, 5.41) is 9.39. The topological polar surface area (TPSA) is 126 Å². The number of carbonyl (C=O) groups is 3. The molecule has 10 nitrogen and oxygen atoms in total. The van der Waals surface area contributed by atoms with Crippen LogP contribution in [-0.4, -0.2) is 73.5 Å². The molecule has 2 aliphatic rings. The van der Waals surface area contributed by atoms with E-state index in [2.05, 4.69) is 15.5 Å². The van der Waals surface area contributed by atoms with Crippen molar-refractivity contribution in [2.24, 2.45) is 11.7 Å². The molecule has 2 aliphatic heterocycles. The Kier molecular flexibility index (Phi) is 9.66. The molecule has 3 atom stereocenters. The predicted octanol–water partition coefficient (Wildman–Crippen LogP) is 2.54. The molecule has 43 heavy (non-hydrogen) atoms. The van der Waals surface area contributed by atoms with Crippen LogP contribution in [0, 0.1) is 23.4 Å². The molecule has 3 N–H and O–H groups in total. The van der Waals surface area contributed by atoms with E-state index in [4.69, 9.17) is 5.73 Å². The fraction of sp³-hybridized carbons (Fsp3) is 0.593. The van der Waals surface area contributed by atoms with E-state index in [0.717, 1.165) is 4.57 Å². The Morgan fingerprint density at radius 1 is 1.05 bits per heavy atom. The van der Waals surface area contributed by atoms with Gasteiger partial charge in [-0.15, -0.1) is 10.2 Å². The molecule has 3 amide bonds. The summed E-state index contributed by atoms with van der Waals surface area (Å²) in [6.45, 7) is 3.46. The minimum absolute atomic E-state index is 0.0861. The summed E-state index contributed by atoms with van der Waals surface area (Å²) < 4.78 is 82.5. The van der Waals surface area contributed by atoms with Crippen LogP contribution in [0.4, 0.5) is 26.3 Å². The second-order valence-corrected chi connectivity index (χ2v) is 11.3. The molecular formula is C27H33F6N7O3. The Morgan fingerprint density at radius 2 is 1.74 bits per heavy atom. The van der Waals surface area contributed by atoms with Crippen LogP contribution in [0.25, 0.3) is 0 Å². The molecule has 0 bridgehead atoms. The molecule has 16 heteroatoms. The SMILES string of the molecule is CC(C)CC(N)C(=O)N1CCCC1C(=O)N[C@@H](CC(=O)N1CCn2c(nnc2C(F)(F)F)C1)Cc1cc(F)c(F)cc1F. The van der Waals surface area contributed by atoms with Crippen molar-refractivity contribution in [2.45, 2.75) is 83.3 Å². The second-order valence-electron chi connectivity index (χ2n) is 11.3. The van der Waals surface area contributed by atoms with E-state index < -0.39 is 78.1 Å². The number of rotatable bonds is 9. The standard InChI is InChI=1S/C27H33F6N7O3/c1-14(2)8-20(34)25(43)39-5-3-4-21(39)24(42)35-16(9-15-10-18(29)19(30)12-17(15)28)11-23(41)38-6-7-40-22(13-38)36-37-26(40)27(31,32)33/h10,12,14,16,20-21H,3-9,11,13,34H2,1-2H3,(H,35,42)/t16-,20?,21?/m1/s1. The van der Waals surface area contributed by atoms with Crippen molar-refractivity contribution in [3.8, 4) is 0 Å². The van der Waals surface area contributed by atoms with Crippen molar-refractivity contribution in [3.05, 3.63) is 46.8 Å². The number of halogens is 6. The van der Waals surface area contributed by atoms with Crippen LogP contribution in [0.5, 0.6) is 0 Å². The number of hydrogen-bond acceptors (Lipinski definition) is 6. The van der Waals surface area contributed by atoms with Gasteiger partial charge in [0.25, 0.3) is 0 Å². The third kappa shape index (κ3) is 7.46. The first kappa shape index (κ1) is 32.2. The van der Waals surface area contributed by atoms with E-state index in [0.29, 0.717) is 37.9 Å². The molecule has 0 radical (unpaired) electrons. The van der Waals surface area contributed by atoms with Crippen LogP contribution in [0.1, 0.15) is 56.7 Å². The zero-order valence-corrected chi connectivity index (χ0v) is 23.6. The summed E-state index contributed by atoms with van der Waals surface area (Å²) in [6, 6.07) is -1.87. The fourth-order valence-corrected chi connectivity index (χ4v) is 5.50. The molecule has 3 heterocycles. The van der Waals surface area contributed by atoms with E-state index in [-0.39, 0.29) is 36.9 Å². The van der Waals surface area contributed by atoms with Gasteiger partial charge in [-0.2, -0.15) is 13.2 Å². The van der Waals surface area contributed by atoms with Gasteiger partial charge in [0, 0.05) is 38.2 Å². The molecule has 2 aromatic rings. The molecule has 0 aliphatic carbocycles. The summed E-state index contributed by atoms with van der Waals surface area (Å²) in [5.74, 6) is -6.59. The van der Waals surface area contributed by atoms with E-state index in [9.17, 15) is 40.7 Å². The summed E-state index contributed by atoms with van der Waals surface area (Å²) in [6.07, 6.45) is -4.34. The molecular weight excluding hydrogens is 584 g/mol. The maximum absolute atomic E-state index is 14.6. The van der Waals surface area contributed by atoms with Crippen LogP contribution >= 0.6 is 0 Å². The first-order chi connectivity index (χ1) is 20.1. The van der Waals surface area contributed by atoms with Crippen LogP contribution in [0.3, 0.4) is 0 Å². The first-order valence-electron chi connectivity index (χ1n) is 13.9. The van der Waals surface area contributed by atoms with E-state index in [1.807, 2.05) is 13.8 Å². The summed E-state index contributed by atoms with van der Waals surface area (Å²) in [4.78, 5) is 42.3. The first-order valence-corrected chi connectivity index (χ1v) is 13.9. The number of nitrogens with one attached hydrogen (secondary N) is 1. The molecule has 2 unspecified atom stereocenters. The van der Waals surface area contributed by atoms with Gasteiger partial charge in [0.05, 0.1) is 12.6 Å². The molecule has 1 fully saturated rings. The quantitative estimate of drug-likeness (QED) is 0.329. The van der Waals surface area contributed by atoms with Crippen LogP contribution in [0.15, 0.2) is 12.1 Å². The van der Waals surface area contributed by atoms with Crippen LogP contribution < -0.4 is 11.1 Å². The number of amides is 3. The largest absolute Gasteiger partial charge is 0.451 e. The van der Waals surface area contributed by atoms with Crippen molar-refractivity contribution in [3.63, 3.8) is 0 Å². The Morgan fingerprint density at radius 3 is 2.42 bits per heavy atom. The van der Waals surface area contributed by atoms with Gasteiger partial charge in [0.1, 0.15) is 11.9 Å². The van der Waals surface area contributed by atoms with Crippen LogP contribution in [0.2, 0.25) is 0 Å². The lowest BCUT2D eigenvalue weighted by molar-refractivity contribution is -0.148. The number of carbonyl (C=O) groups excluding carboxylic acids is 3. The molecule has 1 aromatic carbocycles. The average molecular weight is 618 g/mol. The molecule has 4 rings (SSSR count). The number of benzene rings is 1. The number of hydrogen-bond donors (Lipinski definition) is 2. The Balaban J connectivity index is 1.52. The minimum atomic E-state index is -4.73. The van der Waals surface area contributed by atoms with Crippen molar-refractivity contribution >= 4 is 17.7 Å². The third-order valence-corrected chi connectivity index (χ3v) is 7.56. The minimum Gasteiger partial charge on any atom is -0.351 e. The lowest BCUT2D eigenvalue weighted by Crippen LogP contribution is -2.54. The predicted molar refractivity (Wildman–Crippen MR) is 139 cm³/mol. The molecule has 1 saturated heterocycles. The van der Waals surface area contributed by atoms with Crippen LogP contribution in [-0.2, 0) is 40.1 Å². The number of fused-ring (bicyclic) bond motifs is 1. The van der Waals surface area contributed by atoms with Crippen molar-refractivity contribution in [2.75, 3.05) is 13.1 Å². The van der Waals surface area contributed by atoms with Gasteiger partial charge in [0.2, 0.25) is 23.5 Å². The lowest BCUT2D eigenvalue weighted by Gasteiger charge is -2.31. The number of aromatic nitrogens is 3. The molecule has 236 valence electrons.